The number of carbonyl (C=O) groups is 1. The van der Waals surface area contributed by atoms with Gasteiger partial charge in [0.15, 0.2) is 11.5 Å². The molecule has 0 aliphatic heterocycles. The number of imidazole rings is 1. The van der Waals surface area contributed by atoms with Crippen LogP contribution in [-0.2, 0) is 11.3 Å². The number of nitrogens with zero attached hydrogens (tertiary/aromatic N) is 2. The van der Waals surface area contributed by atoms with Crippen molar-refractivity contribution in [2.24, 2.45) is 0 Å². The van der Waals surface area contributed by atoms with E-state index in [0.29, 0.717) is 17.3 Å². The van der Waals surface area contributed by atoms with E-state index in [2.05, 4.69) is 5.32 Å². The molecule has 1 N–H and O–H groups in total. The van der Waals surface area contributed by atoms with Crippen molar-refractivity contribution < 1.29 is 14.3 Å². The minimum atomic E-state index is -0.112. The molecule has 0 bridgehead atoms. The number of hydrogen-bond donors (Lipinski definition) is 1. The molecule has 1 amide bonds. The topological polar surface area (TPSA) is 65.4 Å². The minimum absolute atomic E-state index is 0.112. The van der Waals surface area contributed by atoms with Crippen LogP contribution in [0.1, 0.15) is 11.1 Å². The second-order valence-electron chi connectivity index (χ2n) is 7.45. The Labute approximate surface area is 181 Å². The Morgan fingerprint density at radius 3 is 2.52 bits per heavy atom. The van der Waals surface area contributed by atoms with Crippen LogP contribution in [-0.4, -0.2) is 29.7 Å². The predicted octanol–water partition coefficient (Wildman–Crippen LogP) is 4.98. The molecular weight excluding hydrogens is 390 g/mol. The molecule has 0 saturated carbocycles. The van der Waals surface area contributed by atoms with Gasteiger partial charge in [-0.15, -0.1) is 0 Å². The van der Waals surface area contributed by atoms with E-state index >= 15 is 0 Å². The number of aromatic nitrogens is 2. The number of anilines is 1. The lowest BCUT2D eigenvalue weighted by molar-refractivity contribution is -0.116. The molecule has 6 heteroatoms. The maximum absolute atomic E-state index is 13.0. The molecule has 31 heavy (non-hydrogen) atoms. The summed E-state index contributed by atoms with van der Waals surface area (Å²) in [6.07, 6.45) is 0. The summed E-state index contributed by atoms with van der Waals surface area (Å²) < 4.78 is 12.7. The number of para-hydroxylation sites is 2. The Hall–Kier alpha value is -3.80. The molecule has 4 rings (SSSR count). The first-order valence-corrected chi connectivity index (χ1v) is 10.0. The Morgan fingerprint density at radius 1 is 0.968 bits per heavy atom. The fraction of sp³-hybridized carbons (Fsp3) is 0.200. The molecule has 1 heterocycles. The number of fused-ring (bicyclic) bond motifs is 1. The van der Waals surface area contributed by atoms with Crippen molar-refractivity contribution in [1.82, 2.24) is 9.55 Å². The lowest BCUT2D eigenvalue weighted by Crippen LogP contribution is -2.20. The number of aryl methyl sites for hydroxylation is 2. The van der Waals surface area contributed by atoms with E-state index in [9.17, 15) is 4.79 Å². The maximum atomic E-state index is 13.0. The van der Waals surface area contributed by atoms with Crippen LogP contribution in [0.2, 0.25) is 0 Å². The second kappa shape index (κ2) is 8.52. The highest BCUT2D eigenvalue weighted by Crippen LogP contribution is 2.33. The standard InChI is InChI=1S/C25H25N3O3/c1-16-9-10-17(2)20(13-16)26-24(29)15-28-21-8-6-5-7-19(21)27-25(28)18-11-12-22(30-3)23(14-18)31-4/h5-14H,15H2,1-4H3,(H,26,29). The van der Waals surface area contributed by atoms with Gasteiger partial charge in [0.25, 0.3) is 0 Å². The molecule has 0 fully saturated rings. The molecule has 0 radical (unpaired) electrons. The van der Waals surface area contributed by atoms with Crippen LogP contribution in [0.3, 0.4) is 0 Å². The average Bonchev–Trinajstić information content (AvgIpc) is 3.14. The molecule has 0 unspecified atom stereocenters. The van der Waals surface area contributed by atoms with Crippen molar-refractivity contribution in [3.05, 3.63) is 71.8 Å². The summed E-state index contributed by atoms with van der Waals surface area (Å²) >= 11 is 0. The number of methoxy groups -OCH3 is 2. The summed E-state index contributed by atoms with van der Waals surface area (Å²) in [6, 6.07) is 19.5. The van der Waals surface area contributed by atoms with Gasteiger partial charge in [0.1, 0.15) is 12.4 Å². The van der Waals surface area contributed by atoms with Gasteiger partial charge in [-0.1, -0.05) is 24.3 Å². The van der Waals surface area contributed by atoms with Crippen LogP contribution in [0.5, 0.6) is 11.5 Å². The summed E-state index contributed by atoms with van der Waals surface area (Å²) in [5, 5.41) is 3.04. The molecule has 0 atom stereocenters. The number of carbonyl (C=O) groups excluding carboxylic acids is 1. The second-order valence-corrected chi connectivity index (χ2v) is 7.45. The smallest absolute Gasteiger partial charge is 0.244 e. The van der Waals surface area contributed by atoms with Crippen molar-refractivity contribution in [2.75, 3.05) is 19.5 Å². The molecule has 158 valence electrons. The number of amides is 1. The van der Waals surface area contributed by atoms with E-state index in [1.807, 2.05) is 79.1 Å². The van der Waals surface area contributed by atoms with Crippen LogP contribution >= 0.6 is 0 Å². The van der Waals surface area contributed by atoms with Gasteiger partial charge >= 0.3 is 0 Å². The molecule has 0 aliphatic carbocycles. The highest BCUT2D eigenvalue weighted by atomic mass is 16.5. The zero-order chi connectivity index (χ0) is 22.0. The van der Waals surface area contributed by atoms with Crippen molar-refractivity contribution in [3.8, 4) is 22.9 Å². The molecule has 1 aromatic heterocycles. The molecule has 6 nitrogen and oxygen atoms in total. The number of rotatable bonds is 6. The van der Waals surface area contributed by atoms with E-state index < -0.39 is 0 Å². The fourth-order valence-electron chi connectivity index (χ4n) is 3.64. The first-order valence-electron chi connectivity index (χ1n) is 10.0. The van der Waals surface area contributed by atoms with Gasteiger partial charge in [-0.3, -0.25) is 4.79 Å². The van der Waals surface area contributed by atoms with E-state index in [4.69, 9.17) is 14.5 Å². The number of hydrogen-bond acceptors (Lipinski definition) is 4. The van der Waals surface area contributed by atoms with Gasteiger partial charge in [-0.25, -0.2) is 4.98 Å². The summed E-state index contributed by atoms with van der Waals surface area (Å²) in [7, 11) is 3.20. The highest BCUT2D eigenvalue weighted by molar-refractivity contribution is 5.93. The first-order chi connectivity index (χ1) is 15.0. The zero-order valence-electron chi connectivity index (χ0n) is 18.1. The quantitative estimate of drug-likeness (QED) is 0.483. The van der Waals surface area contributed by atoms with E-state index in [0.717, 1.165) is 33.4 Å². The van der Waals surface area contributed by atoms with Gasteiger partial charge in [-0.05, 0) is 61.4 Å². The average molecular weight is 415 g/mol. The van der Waals surface area contributed by atoms with Crippen molar-refractivity contribution in [2.45, 2.75) is 20.4 Å². The Bertz CT molecular complexity index is 1260. The van der Waals surface area contributed by atoms with E-state index in [-0.39, 0.29) is 12.5 Å². The highest BCUT2D eigenvalue weighted by Gasteiger charge is 2.17. The van der Waals surface area contributed by atoms with Crippen LogP contribution in [0, 0.1) is 13.8 Å². The molecule has 0 saturated heterocycles. The van der Waals surface area contributed by atoms with Gasteiger partial charge in [0.2, 0.25) is 5.91 Å². The number of ether oxygens (including phenoxy) is 2. The lowest BCUT2D eigenvalue weighted by atomic mass is 10.1. The van der Waals surface area contributed by atoms with Crippen molar-refractivity contribution >= 4 is 22.6 Å². The third kappa shape index (κ3) is 4.10. The van der Waals surface area contributed by atoms with E-state index in [1.54, 1.807) is 14.2 Å². The Morgan fingerprint density at radius 2 is 1.74 bits per heavy atom. The zero-order valence-corrected chi connectivity index (χ0v) is 18.1. The summed E-state index contributed by atoms with van der Waals surface area (Å²) in [6.45, 7) is 4.13. The molecule has 0 spiro atoms. The maximum Gasteiger partial charge on any atom is 0.244 e. The summed E-state index contributed by atoms with van der Waals surface area (Å²) in [5.41, 5.74) is 5.50. The predicted molar refractivity (Wildman–Crippen MR) is 123 cm³/mol. The van der Waals surface area contributed by atoms with Gasteiger partial charge in [-0.2, -0.15) is 0 Å². The Kier molecular flexibility index (Phi) is 5.62. The lowest BCUT2D eigenvalue weighted by Gasteiger charge is -2.13. The normalized spacial score (nSPS) is 10.8. The van der Waals surface area contributed by atoms with Gasteiger partial charge < -0.3 is 19.4 Å². The summed E-state index contributed by atoms with van der Waals surface area (Å²) in [4.78, 5) is 17.8. The fourth-order valence-corrected chi connectivity index (χ4v) is 3.64. The van der Waals surface area contributed by atoms with Crippen molar-refractivity contribution in [1.29, 1.82) is 0 Å². The van der Waals surface area contributed by atoms with Crippen LogP contribution in [0.25, 0.3) is 22.4 Å². The number of benzene rings is 3. The molecular formula is C25H25N3O3. The van der Waals surface area contributed by atoms with Gasteiger partial charge in [0, 0.05) is 11.3 Å². The largest absolute Gasteiger partial charge is 0.493 e. The summed E-state index contributed by atoms with van der Waals surface area (Å²) in [5.74, 6) is 1.83. The third-order valence-corrected chi connectivity index (χ3v) is 5.27. The Balaban J connectivity index is 1.73. The van der Waals surface area contributed by atoms with Crippen LogP contribution < -0.4 is 14.8 Å². The van der Waals surface area contributed by atoms with Crippen molar-refractivity contribution in [3.63, 3.8) is 0 Å². The molecule has 4 aromatic rings. The van der Waals surface area contributed by atoms with Gasteiger partial charge in [0.05, 0.1) is 25.3 Å². The number of nitrogens with one attached hydrogen (secondary N) is 1. The first kappa shape index (κ1) is 20.5. The van der Waals surface area contributed by atoms with Crippen LogP contribution in [0.15, 0.2) is 60.7 Å². The molecule has 0 aliphatic rings. The monoisotopic (exact) mass is 415 g/mol. The minimum Gasteiger partial charge on any atom is -0.493 e. The van der Waals surface area contributed by atoms with Crippen LogP contribution in [0.4, 0.5) is 5.69 Å². The third-order valence-electron chi connectivity index (χ3n) is 5.27. The SMILES string of the molecule is COc1ccc(-c2nc3ccccc3n2CC(=O)Nc2cc(C)ccc2C)cc1OC. The molecule has 3 aromatic carbocycles. The van der Waals surface area contributed by atoms with E-state index in [1.165, 1.54) is 0 Å².